The summed E-state index contributed by atoms with van der Waals surface area (Å²) in [6.07, 6.45) is 0.166. The van der Waals surface area contributed by atoms with E-state index in [-0.39, 0.29) is 12.2 Å². The molecule has 1 aromatic carbocycles. The van der Waals surface area contributed by atoms with E-state index >= 15 is 0 Å². The second kappa shape index (κ2) is 7.99. The largest absolute Gasteiger partial charge is 0.508 e. The minimum atomic E-state index is -1.21. The van der Waals surface area contributed by atoms with Crippen LogP contribution >= 0.6 is 0 Å². The number of hydrogen-bond donors (Lipinski definition) is 4. The number of aromatic hydroxyl groups is 1. The van der Waals surface area contributed by atoms with Gasteiger partial charge in [0, 0.05) is 0 Å². The topological polar surface area (TPSA) is 136 Å². The summed E-state index contributed by atoms with van der Waals surface area (Å²) < 4.78 is 0. The van der Waals surface area contributed by atoms with Crippen LogP contribution in [0, 0.1) is 0 Å². The van der Waals surface area contributed by atoms with Crippen LogP contribution in [0.5, 0.6) is 5.75 Å². The molecule has 8 heteroatoms. The number of hydrogen-bond acceptors (Lipinski definition) is 4. The molecule has 8 nitrogen and oxygen atoms in total. The summed E-state index contributed by atoms with van der Waals surface area (Å²) in [5.74, 6) is -2.87. The monoisotopic (exact) mass is 309 g/mol. The van der Waals surface area contributed by atoms with Crippen LogP contribution in [0.3, 0.4) is 0 Å². The number of carboxylic acid groups (broad SMARTS) is 1. The lowest BCUT2D eigenvalue weighted by Crippen LogP contribution is -2.47. The summed E-state index contributed by atoms with van der Waals surface area (Å²) in [5.41, 5.74) is 0.317. The van der Waals surface area contributed by atoms with Crippen molar-refractivity contribution in [3.8, 4) is 5.75 Å². The summed E-state index contributed by atoms with van der Waals surface area (Å²) in [5, 5.41) is 33.3. The third-order valence-electron chi connectivity index (χ3n) is 2.95. The number of amides is 2. The summed E-state index contributed by atoms with van der Waals surface area (Å²) >= 11 is 0. The Morgan fingerprint density at radius 3 is 2.18 bits per heavy atom. The number of benzene rings is 1. The number of carbonyl (C=O) groups is 3. The smallest absolute Gasteiger partial charge is 0.326 e. The Bertz CT molecular complexity index is 543. The molecule has 22 heavy (non-hydrogen) atoms. The molecule has 1 aromatic rings. The number of carboxylic acids is 1. The fourth-order valence-corrected chi connectivity index (χ4v) is 1.76. The van der Waals surface area contributed by atoms with Crippen LogP contribution in [-0.4, -0.2) is 40.6 Å². The average Bonchev–Trinajstić information content (AvgIpc) is 2.50. The number of carbonyl (C=O) groups excluding carboxylic acids is 2. The standard InChI is InChI=1S/C14H17N2O6/c1-2-10(14(21)22)15-13(20)12(16-11(19)7-17)8-3-5-9(18)6-4-8/h3-6,10,12,18H,2,7H2,1H3,(H,15,20)(H,16,19)(H,21,22)/t10-,12+/m0/s1. The molecule has 0 bridgehead atoms. The molecule has 0 aliphatic carbocycles. The van der Waals surface area contributed by atoms with Gasteiger partial charge in [0.2, 0.25) is 11.8 Å². The van der Waals surface area contributed by atoms with Crippen molar-refractivity contribution in [2.75, 3.05) is 6.61 Å². The van der Waals surface area contributed by atoms with Gasteiger partial charge in [0.05, 0.1) is 0 Å². The highest BCUT2D eigenvalue weighted by Gasteiger charge is 2.26. The lowest BCUT2D eigenvalue weighted by atomic mass is 10.0. The van der Waals surface area contributed by atoms with Gasteiger partial charge in [0.25, 0.3) is 0 Å². The summed E-state index contributed by atoms with van der Waals surface area (Å²) in [7, 11) is 0. The van der Waals surface area contributed by atoms with Gasteiger partial charge in [-0.2, -0.15) is 0 Å². The van der Waals surface area contributed by atoms with Crippen LogP contribution in [0.15, 0.2) is 24.3 Å². The van der Waals surface area contributed by atoms with Crippen LogP contribution in [-0.2, 0) is 19.5 Å². The van der Waals surface area contributed by atoms with E-state index < -0.39 is 36.5 Å². The Morgan fingerprint density at radius 1 is 1.14 bits per heavy atom. The minimum Gasteiger partial charge on any atom is -0.508 e. The molecule has 0 aliphatic heterocycles. The van der Waals surface area contributed by atoms with E-state index in [2.05, 4.69) is 10.6 Å². The van der Waals surface area contributed by atoms with Gasteiger partial charge in [-0.25, -0.2) is 9.90 Å². The van der Waals surface area contributed by atoms with Gasteiger partial charge in [0.1, 0.15) is 17.8 Å². The van der Waals surface area contributed by atoms with Crippen molar-refractivity contribution in [3.63, 3.8) is 0 Å². The van der Waals surface area contributed by atoms with Crippen molar-refractivity contribution in [3.05, 3.63) is 29.8 Å². The quantitative estimate of drug-likeness (QED) is 0.560. The number of nitrogens with one attached hydrogen (secondary N) is 2. The van der Waals surface area contributed by atoms with Gasteiger partial charge in [-0.15, -0.1) is 0 Å². The second-order valence-electron chi connectivity index (χ2n) is 4.54. The molecule has 1 radical (unpaired) electrons. The van der Waals surface area contributed by atoms with Crippen LogP contribution in [0.4, 0.5) is 0 Å². The Morgan fingerprint density at radius 2 is 1.73 bits per heavy atom. The lowest BCUT2D eigenvalue weighted by Gasteiger charge is -2.20. The lowest BCUT2D eigenvalue weighted by molar-refractivity contribution is -0.142. The Kier molecular flexibility index (Phi) is 6.33. The Labute approximate surface area is 126 Å². The molecule has 4 N–H and O–H groups in total. The Balaban J connectivity index is 2.98. The number of rotatable bonds is 7. The van der Waals surface area contributed by atoms with E-state index in [9.17, 15) is 24.6 Å². The highest BCUT2D eigenvalue weighted by atomic mass is 16.4. The van der Waals surface area contributed by atoms with Crippen molar-refractivity contribution in [1.29, 1.82) is 0 Å². The van der Waals surface area contributed by atoms with Gasteiger partial charge < -0.3 is 20.8 Å². The fraction of sp³-hybridized carbons (Fsp3) is 0.357. The first kappa shape index (κ1) is 17.4. The summed E-state index contributed by atoms with van der Waals surface area (Å²) in [6.45, 7) is 0.531. The molecule has 0 heterocycles. The van der Waals surface area contributed by atoms with E-state index in [1.54, 1.807) is 6.92 Å². The predicted octanol–water partition coefficient (Wildman–Crippen LogP) is -0.0406. The molecular weight excluding hydrogens is 292 g/mol. The van der Waals surface area contributed by atoms with Crippen LogP contribution in [0.25, 0.3) is 0 Å². The molecular formula is C14H17N2O6. The normalized spacial score (nSPS) is 13.0. The maximum absolute atomic E-state index is 12.2. The molecule has 0 spiro atoms. The molecule has 0 aliphatic rings. The van der Waals surface area contributed by atoms with Crippen molar-refractivity contribution in [1.82, 2.24) is 10.6 Å². The Hall–Kier alpha value is -2.61. The summed E-state index contributed by atoms with van der Waals surface area (Å²) in [6, 6.07) is 3.10. The van der Waals surface area contributed by atoms with Crippen LogP contribution < -0.4 is 10.6 Å². The minimum absolute atomic E-state index is 0.0324. The van der Waals surface area contributed by atoms with Crippen LogP contribution in [0.2, 0.25) is 0 Å². The van der Waals surface area contributed by atoms with E-state index in [1.807, 2.05) is 0 Å². The van der Waals surface area contributed by atoms with Gasteiger partial charge in [0.15, 0.2) is 6.61 Å². The number of phenols is 1. The van der Waals surface area contributed by atoms with Gasteiger partial charge in [-0.05, 0) is 24.1 Å². The van der Waals surface area contributed by atoms with Gasteiger partial charge in [-0.1, -0.05) is 19.1 Å². The van der Waals surface area contributed by atoms with Crippen molar-refractivity contribution < 1.29 is 29.7 Å². The maximum atomic E-state index is 12.2. The zero-order valence-electron chi connectivity index (χ0n) is 11.9. The van der Waals surface area contributed by atoms with Crippen molar-refractivity contribution >= 4 is 17.8 Å². The molecule has 0 fully saturated rings. The maximum Gasteiger partial charge on any atom is 0.326 e. The number of aliphatic carboxylic acids is 1. The molecule has 2 atom stereocenters. The van der Waals surface area contributed by atoms with Gasteiger partial charge in [-0.3, -0.25) is 9.59 Å². The van der Waals surface area contributed by atoms with Gasteiger partial charge >= 0.3 is 5.97 Å². The molecule has 119 valence electrons. The molecule has 0 saturated carbocycles. The molecule has 0 saturated heterocycles. The highest BCUT2D eigenvalue weighted by Crippen LogP contribution is 2.17. The molecule has 0 aromatic heterocycles. The first-order valence-electron chi connectivity index (χ1n) is 6.58. The van der Waals surface area contributed by atoms with E-state index in [0.29, 0.717) is 5.56 Å². The molecule has 1 rings (SSSR count). The predicted molar refractivity (Wildman–Crippen MR) is 74.4 cm³/mol. The highest BCUT2D eigenvalue weighted by molar-refractivity contribution is 5.91. The first-order chi connectivity index (χ1) is 10.4. The van der Waals surface area contributed by atoms with E-state index in [1.165, 1.54) is 24.3 Å². The zero-order chi connectivity index (χ0) is 16.7. The first-order valence-corrected chi connectivity index (χ1v) is 6.58. The second-order valence-corrected chi connectivity index (χ2v) is 4.54. The number of phenolic OH excluding ortho intramolecular Hbond substituents is 1. The van der Waals surface area contributed by atoms with E-state index in [0.717, 1.165) is 0 Å². The average molecular weight is 309 g/mol. The van der Waals surface area contributed by atoms with E-state index in [4.69, 9.17) is 5.11 Å². The summed E-state index contributed by atoms with van der Waals surface area (Å²) in [4.78, 5) is 34.4. The zero-order valence-corrected chi connectivity index (χ0v) is 11.9. The van der Waals surface area contributed by atoms with Crippen molar-refractivity contribution in [2.24, 2.45) is 0 Å². The van der Waals surface area contributed by atoms with Crippen molar-refractivity contribution in [2.45, 2.75) is 25.4 Å². The van der Waals surface area contributed by atoms with Crippen LogP contribution in [0.1, 0.15) is 24.9 Å². The fourth-order valence-electron chi connectivity index (χ4n) is 1.76. The third-order valence-corrected chi connectivity index (χ3v) is 2.95. The third kappa shape index (κ3) is 4.74. The molecule has 2 amide bonds. The SMILES string of the molecule is CC[C@H](NC(=O)[C@H](NC(=O)C[O])c1ccc(O)cc1)C(=O)O. The molecule has 0 unspecified atom stereocenters.